The molecule has 15 heavy (non-hydrogen) atoms. The maximum Gasteiger partial charge on any atom is 0.121 e. The lowest BCUT2D eigenvalue weighted by atomic mass is 9.92. The van der Waals surface area contributed by atoms with Gasteiger partial charge in [0, 0.05) is 12.5 Å². The fraction of sp³-hybridized carbons (Fsp3) is 0.667. The largest absolute Gasteiger partial charge is 0.468 e. The van der Waals surface area contributed by atoms with Crippen molar-refractivity contribution in [2.24, 2.45) is 5.92 Å². The van der Waals surface area contributed by atoms with E-state index in [2.05, 4.69) is 12.2 Å². The predicted octanol–water partition coefficient (Wildman–Crippen LogP) is 2.36. The fourth-order valence-electron chi connectivity index (χ4n) is 2.22. The van der Waals surface area contributed by atoms with Gasteiger partial charge in [0.05, 0.1) is 18.9 Å². The summed E-state index contributed by atoms with van der Waals surface area (Å²) >= 11 is 0. The van der Waals surface area contributed by atoms with Crippen LogP contribution in [-0.4, -0.2) is 19.8 Å². The van der Waals surface area contributed by atoms with Gasteiger partial charge < -0.3 is 14.5 Å². The molecular weight excluding hydrogens is 190 g/mol. The first-order chi connectivity index (χ1) is 7.42. The molecular formula is C12H19NO2. The van der Waals surface area contributed by atoms with Gasteiger partial charge in [0.2, 0.25) is 0 Å². The molecule has 0 radical (unpaired) electrons. The van der Waals surface area contributed by atoms with Crippen molar-refractivity contribution in [3.8, 4) is 0 Å². The van der Waals surface area contributed by atoms with Gasteiger partial charge in [-0.2, -0.15) is 0 Å². The molecule has 0 bridgehead atoms. The molecule has 1 saturated heterocycles. The quantitative estimate of drug-likeness (QED) is 0.826. The highest BCUT2D eigenvalue weighted by Crippen LogP contribution is 2.28. The summed E-state index contributed by atoms with van der Waals surface area (Å²) in [6, 6.07) is 4.30. The van der Waals surface area contributed by atoms with Crippen molar-refractivity contribution in [3.05, 3.63) is 24.2 Å². The predicted molar refractivity (Wildman–Crippen MR) is 58.7 cm³/mol. The summed E-state index contributed by atoms with van der Waals surface area (Å²) in [4.78, 5) is 0. The SMILES string of the molecule is CCNC(c1ccco1)C1CCCOC1. The molecule has 3 heteroatoms. The molecule has 1 fully saturated rings. The number of furan rings is 1. The van der Waals surface area contributed by atoms with E-state index in [1.165, 1.54) is 6.42 Å². The third-order valence-corrected chi connectivity index (χ3v) is 2.94. The lowest BCUT2D eigenvalue weighted by Gasteiger charge is -2.29. The first kappa shape index (κ1) is 10.7. The summed E-state index contributed by atoms with van der Waals surface area (Å²) in [5, 5.41) is 3.48. The number of nitrogens with one attached hydrogen (secondary N) is 1. The number of ether oxygens (including phenoxy) is 1. The zero-order chi connectivity index (χ0) is 10.5. The highest BCUT2D eigenvalue weighted by Gasteiger charge is 2.26. The van der Waals surface area contributed by atoms with Gasteiger partial charge in [-0.05, 0) is 31.5 Å². The minimum Gasteiger partial charge on any atom is -0.468 e. The fourth-order valence-corrected chi connectivity index (χ4v) is 2.22. The summed E-state index contributed by atoms with van der Waals surface area (Å²) < 4.78 is 11.0. The maximum atomic E-state index is 5.53. The summed E-state index contributed by atoms with van der Waals surface area (Å²) in [5.74, 6) is 1.58. The Bertz CT molecular complexity index is 265. The third-order valence-electron chi connectivity index (χ3n) is 2.94. The second kappa shape index (κ2) is 5.33. The van der Waals surface area contributed by atoms with Crippen molar-refractivity contribution in [2.45, 2.75) is 25.8 Å². The second-order valence-corrected chi connectivity index (χ2v) is 4.03. The first-order valence-corrected chi connectivity index (χ1v) is 5.76. The van der Waals surface area contributed by atoms with Crippen LogP contribution in [0.1, 0.15) is 31.6 Å². The van der Waals surface area contributed by atoms with Gasteiger partial charge in [-0.15, -0.1) is 0 Å². The lowest BCUT2D eigenvalue weighted by molar-refractivity contribution is 0.0358. The summed E-state index contributed by atoms with van der Waals surface area (Å²) in [6.45, 7) is 4.84. The Kier molecular flexibility index (Phi) is 3.80. The maximum absolute atomic E-state index is 5.53. The van der Waals surface area contributed by atoms with E-state index >= 15 is 0 Å². The molecule has 1 aliphatic heterocycles. The standard InChI is InChI=1S/C12H19NO2/c1-2-13-12(11-6-4-8-15-11)10-5-3-7-14-9-10/h4,6,8,10,12-13H,2-3,5,7,9H2,1H3. The number of hydrogen-bond donors (Lipinski definition) is 1. The lowest BCUT2D eigenvalue weighted by Crippen LogP contribution is -2.33. The van der Waals surface area contributed by atoms with E-state index in [4.69, 9.17) is 9.15 Å². The van der Waals surface area contributed by atoms with Crippen LogP contribution in [0.5, 0.6) is 0 Å². The van der Waals surface area contributed by atoms with Gasteiger partial charge in [0.25, 0.3) is 0 Å². The molecule has 0 aromatic carbocycles. The van der Waals surface area contributed by atoms with E-state index in [-0.39, 0.29) is 0 Å². The number of rotatable bonds is 4. The van der Waals surface area contributed by atoms with Gasteiger partial charge in [-0.25, -0.2) is 0 Å². The zero-order valence-electron chi connectivity index (χ0n) is 9.24. The second-order valence-electron chi connectivity index (χ2n) is 4.03. The molecule has 2 heterocycles. The van der Waals surface area contributed by atoms with Crippen molar-refractivity contribution < 1.29 is 9.15 Å². The van der Waals surface area contributed by atoms with Gasteiger partial charge in [0.1, 0.15) is 5.76 Å². The van der Waals surface area contributed by atoms with E-state index in [9.17, 15) is 0 Å². The Hall–Kier alpha value is -0.800. The highest BCUT2D eigenvalue weighted by atomic mass is 16.5. The van der Waals surface area contributed by atoms with E-state index in [0.29, 0.717) is 12.0 Å². The van der Waals surface area contributed by atoms with E-state index < -0.39 is 0 Å². The smallest absolute Gasteiger partial charge is 0.121 e. The van der Waals surface area contributed by atoms with Crippen molar-refractivity contribution in [1.82, 2.24) is 5.32 Å². The summed E-state index contributed by atoms with van der Waals surface area (Å²) in [7, 11) is 0. The average Bonchev–Trinajstić information content (AvgIpc) is 2.80. The molecule has 1 N–H and O–H groups in total. The van der Waals surface area contributed by atoms with E-state index in [1.54, 1.807) is 6.26 Å². The molecule has 0 aliphatic carbocycles. The normalized spacial score (nSPS) is 23.9. The molecule has 84 valence electrons. The third kappa shape index (κ3) is 2.61. The molecule has 0 spiro atoms. The van der Waals surface area contributed by atoms with Crippen LogP contribution >= 0.6 is 0 Å². The summed E-state index contributed by atoms with van der Waals surface area (Å²) in [6.07, 6.45) is 4.12. The Morgan fingerprint density at radius 3 is 3.13 bits per heavy atom. The van der Waals surface area contributed by atoms with Crippen molar-refractivity contribution in [1.29, 1.82) is 0 Å². The Labute approximate surface area is 90.8 Å². The average molecular weight is 209 g/mol. The minimum absolute atomic E-state index is 0.310. The molecule has 1 aromatic heterocycles. The topological polar surface area (TPSA) is 34.4 Å². The van der Waals surface area contributed by atoms with E-state index in [0.717, 1.165) is 31.9 Å². The van der Waals surface area contributed by atoms with Crippen molar-refractivity contribution in [2.75, 3.05) is 19.8 Å². The van der Waals surface area contributed by atoms with Crippen LogP contribution in [0.15, 0.2) is 22.8 Å². The van der Waals surface area contributed by atoms with Crippen LogP contribution in [0, 0.1) is 5.92 Å². The molecule has 2 unspecified atom stereocenters. The highest BCUT2D eigenvalue weighted by molar-refractivity contribution is 5.06. The van der Waals surface area contributed by atoms with Crippen molar-refractivity contribution in [3.63, 3.8) is 0 Å². The Morgan fingerprint density at radius 1 is 1.60 bits per heavy atom. The van der Waals surface area contributed by atoms with E-state index in [1.807, 2.05) is 12.1 Å². The molecule has 0 saturated carbocycles. The molecule has 1 aromatic rings. The van der Waals surface area contributed by atoms with Crippen LogP contribution in [0.25, 0.3) is 0 Å². The van der Waals surface area contributed by atoms with Crippen LogP contribution in [0.4, 0.5) is 0 Å². The van der Waals surface area contributed by atoms with Gasteiger partial charge >= 0.3 is 0 Å². The first-order valence-electron chi connectivity index (χ1n) is 5.76. The van der Waals surface area contributed by atoms with Crippen LogP contribution < -0.4 is 5.32 Å². The molecule has 0 amide bonds. The molecule has 2 atom stereocenters. The van der Waals surface area contributed by atoms with Crippen molar-refractivity contribution >= 4 is 0 Å². The number of hydrogen-bond acceptors (Lipinski definition) is 3. The van der Waals surface area contributed by atoms with Gasteiger partial charge in [-0.1, -0.05) is 6.92 Å². The zero-order valence-corrected chi connectivity index (χ0v) is 9.24. The Morgan fingerprint density at radius 2 is 2.53 bits per heavy atom. The summed E-state index contributed by atoms with van der Waals surface area (Å²) in [5.41, 5.74) is 0. The Balaban J connectivity index is 2.04. The van der Waals surface area contributed by atoms with Gasteiger partial charge in [-0.3, -0.25) is 0 Å². The van der Waals surface area contributed by atoms with Crippen LogP contribution in [-0.2, 0) is 4.74 Å². The van der Waals surface area contributed by atoms with Gasteiger partial charge in [0.15, 0.2) is 0 Å². The van der Waals surface area contributed by atoms with Crippen LogP contribution in [0.3, 0.4) is 0 Å². The molecule has 1 aliphatic rings. The minimum atomic E-state index is 0.310. The monoisotopic (exact) mass is 209 g/mol. The van der Waals surface area contributed by atoms with Crippen LogP contribution in [0.2, 0.25) is 0 Å². The molecule has 3 nitrogen and oxygen atoms in total. The molecule has 2 rings (SSSR count).